The Morgan fingerprint density at radius 2 is 1.95 bits per heavy atom. The number of anilines is 1. The summed E-state index contributed by atoms with van der Waals surface area (Å²) in [7, 11) is 1.54. The Balaban J connectivity index is 2.21. The second kappa shape index (κ2) is 5.76. The Hall–Kier alpha value is -2.00. The van der Waals surface area contributed by atoms with E-state index < -0.39 is 0 Å². The maximum Gasteiger partial charge on any atom is 0.255 e. The van der Waals surface area contributed by atoms with Crippen molar-refractivity contribution in [3.05, 3.63) is 58.6 Å². The minimum absolute atomic E-state index is 0.196. The van der Waals surface area contributed by atoms with Crippen LogP contribution in [0.15, 0.2) is 42.5 Å². The highest BCUT2D eigenvalue weighted by molar-refractivity contribution is 6.32. The van der Waals surface area contributed by atoms with Gasteiger partial charge in [-0.25, -0.2) is 0 Å². The summed E-state index contributed by atoms with van der Waals surface area (Å²) in [6, 6.07) is 12.6. The van der Waals surface area contributed by atoms with Crippen LogP contribution in [-0.2, 0) is 0 Å². The molecule has 0 spiro atoms. The van der Waals surface area contributed by atoms with Crippen LogP contribution in [0.4, 0.5) is 5.69 Å². The minimum Gasteiger partial charge on any atom is -0.495 e. The van der Waals surface area contributed by atoms with Gasteiger partial charge in [-0.1, -0.05) is 29.8 Å². The quantitative estimate of drug-likeness (QED) is 0.922. The van der Waals surface area contributed by atoms with Gasteiger partial charge in [0, 0.05) is 11.3 Å². The number of rotatable bonds is 3. The molecule has 0 aliphatic rings. The average Bonchev–Trinajstić information content (AvgIpc) is 2.41. The molecule has 0 saturated carbocycles. The molecule has 4 heteroatoms. The Bertz CT molecular complexity index is 611. The number of hydrogen-bond donors (Lipinski definition) is 1. The smallest absolute Gasteiger partial charge is 0.255 e. The van der Waals surface area contributed by atoms with Crippen LogP contribution in [0, 0.1) is 6.92 Å². The maximum absolute atomic E-state index is 12.1. The van der Waals surface area contributed by atoms with Crippen molar-refractivity contribution in [2.24, 2.45) is 0 Å². The molecule has 98 valence electrons. The molecule has 2 rings (SSSR count). The monoisotopic (exact) mass is 275 g/mol. The number of hydrogen-bond acceptors (Lipinski definition) is 2. The second-order valence-electron chi connectivity index (χ2n) is 4.12. The molecule has 1 N–H and O–H groups in total. The van der Waals surface area contributed by atoms with E-state index in [9.17, 15) is 4.79 Å². The number of halogens is 1. The van der Waals surface area contributed by atoms with Gasteiger partial charge in [-0.05, 0) is 36.8 Å². The van der Waals surface area contributed by atoms with E-state index in [2.05, 4.69) is 5.32 Å². The summed E-state index contributed by atoms with van der Waals surface area (Å²) in [6.07, 6.45) is 0. The van der Waals surface area contributed by atoms with Crippen molar-refractivity contribution in [3.8, 4) is 5.75 Å². The molecule has 0 saturated heterocycles. The molecule has 1 amide bonds. The predicted octanol–water partition coefficient (Wildman–Crippen LogP) is 3.91. The fraction of sp³-hybridized carbons (Fsp3) is 0.133. The van der Waals surface area contributed by atoms with Crippen LogP contribution in [0.25, 0.3) is 0 Å². The van der Waals surface area contributed by atoms with Crippen LogP contribution in [0.2, 0.25) is 5.02 Å². The van der Waals surface area contributed by atoms with E-state index >= 15 is 0 Å². The zero-order valence-electron chi connectivity index (χ0n) is 10.7. The van der Waals surface area contributed by atoms with Crippen molar-refractivity contribution < 1.29 is 9.53 Å². The highest BCUT2D eigenvalue weighted by Gasteiger charge is 2.10. The summed E-state index contributed by atoms with van der Waals surface area (Å²) < 4.78 is 5.05. The molecule has 19 heavy (non-hydrogen) atoms. The average molecular weight is 276 g/mol. The number of ether oxygens (including phenoxy) is 1. The molecule has 0 atom stereocenters. The Morgan fingerprint density at radius 3 is 2.58 bits per heavy atom. The number of amides is 1. The lowest BCUT2D eigenvalue weighted by Gasteiger charge is -2.09. The summed E-state index contributed by atoms with van der Waals surface area (Å²) >= 11 is 6.00. The highest BCUT2D eigenvalue weighted by atomic mass is 35.5. The van der Waals surface area contributed by atoms with Crippen molar-refractivity contribution in [2.75, 3.05) is 12.4 Å². The molecule has 0 fully saturated rings. The normalized spacial score (nSPS) is 10.1. The topological polar surface area (TPSA) is 38.3 Å². The molecular formula is C15H14ClNO2. The van der Waals surface area contributed by atoms with E-state index in [1.165, 1.54) is 7.11 Å². The lowest BCUT2D eigenvalue weighted by molar-refractivity contribution is 0.102. The Kier molecular flexibility index (Phi) is 4.07. The molecule has 0 aromatic heterocycles. The van der Waals surface area contributed by atoms with Gasteiger partial charge in [0.2, 0.25) is 0 Å². The minimum atomic E-state index is -0.196. The molecule has 0 heterocycles. The molecule has 0 bridgehead atoms. The first-order valence-electron chi connectivity index (χ1n) is 5.82. The molecule has 2 aromatic carbocycles. The third kappa shape index (κ3) is 3.06. The van der Waals surface area contributed by atoms with Gasteiger partial charge in [0.25, 0.3) is 5.91 Å². The molecule has 0 unspecified atom stereocenters. The molecule has 0 aliphatic heterocycles. The lowest BCUT2D eigenvalue weighted by atomic mass is 10.1. The molecule has 0 radical (unpaired) electrons. The molecule has 3 nitrogen and oxygen atoms in total. The number of nitrogens with one attached hydrogen (secondary N) is 1. The standard InChI is InChI=1S/C15H14ClNO2/c1-10-5-3-4-6-13(10)17-15(18)11-7-8-14(19-2)12(16)9-11/h3-9H,1-2H3,(H,17,18). The van der Waals surface area contributed by atoms with Crippen LogP contribution in [-0.4, -0.2) is 13.0 Å². The summed E-state index contributed by atoms with van der Waals surface area (Å²) in [4.78, 5) is 12.1. The number of methoxy groups -OCH3 is 1. The van der Waals surface area contributed by atoms with E-state index in [4.69, 9.17) is 16.3 Å². The first-order chi connectivity index (χ1) is 9.11. The van der Waals surface area contributed by atoms with Crippen LogP contribution >= 0.6 is 11.6 Å². The van der Waals surface area contributed by atoms with Gasteiger partial charge in [-0.2, -0.15) is 0 Å². The zero-order chi connectivity index (χ0) is 13.8. The van der Waals surface area contributed by atoms with Gasteiger partial charge >= 0.3 is 0 Å². The Labute approximate surface area is 117 Å². The third-order valence-corrected chi connectivity index (χ3v) is 3.10. The predicted molar refractivity (Wildman–Crippen MR) is 77.1 cm³/mol. The van der Waals surface area contributed by atoms with Gasteiger partial charge in [0.05, 0.1) is 12.1 Å². The van der Waals surface area contributed by atoms with Crippen molar-refractivity contribution in [2.45, 2.75) is 6.92 Å². The van der Waals surface area contributed by atoms with Crippen LogP contribution in [0.1, 0.15) is 15.9 Å². The van der Waals surface area contributed by atoms with Gasteiger partial charge < -0.3 is 10.1 Å². The second-order valence-corrected chi connectivity index (χ2v) is 4.53. The zero-order valence-corrected chi connectivity index (χ0v) is 11.5. The molecular weight excluding hydrogens is 262 g/mol. The summed E-state index contributed by atoms with van der Waals surface area (Å²) in [5.41, 5.74) is 2.30. The third-order valence-electron chi connectivity index (χ3n) is 2.81. The van der Waals surface area contributed by atoms with Crippen LogP contribution < -0.4 is 10.1 Å². The largest absolute Gasteiger partial charge is 0.495 e. The highest BCUT2D eigenvalue weighted by Crippen LogP contribution is 2.25. The number of carbonyl (C=O) groups excluding carboxylic acids is 1. The lowest BCUT2D eigenvalue weighted by Crippen LogP contribution is -2.12. The van der Waals surface area contributed by atoms with E-state index in [-0.39, 0.29) is 5.91 Å². The van der Waals surface area contributed by atoms with Gasteiger partial charge in [-0.15, -0.1) is 0 Å². The van der Waals surface area contributed by atoms with E-state index in [0.29, 0.717) is 16.3 Å². The van der Waals surface area contributed by atoms with Crippen molar-refractivity contribution in [1.82, 2.24) is 0 Å². The summed E-state index contributed by atoms with van der Waals surface area (Å²) in [5, 5.41) is 3.27. The molecule has 2 aromatic rings. The number of para-hydroxylation sites is 1. The van der Waals surface area contributed by atoms with E-state index in [1.54, 1.807) is 18.2 Å². The maximum atomic E-state index is 12.1. The van der Waals surface area contributed by atoms with Gasteiger partial charge in [0.1, 0.15) is 5.75 Å². The Morgan fingerprint density at radius 1 is 1.21 bits per heavy atom. The van der Waals surface area contributed by atoms with Crippen LogP contribution in [0.5, 0.6) is 5.75 Å². The first-order valence-corrected chi connectivity index (χ1v) is 6.20. The van der Waals surface area contributed by atoms with Crippen molar-refractivity contribution in [1.29, 1.82) is 0 Å². The van der Waals surface area contributed by atoms with Gasteiger partial charge in [-0.3, -0.25) is 4.79 Å². The van der Waals surface area contributed by atoms with E-state index in [0.717, 1.165) is 11.3 Å². The number of carbonyl (C=O) groups is 1. The summed E-state index contributed by atoms with van der Waals surface area (Å²) in [6.45, 7) is 1.94. The van der Waals surface area contributed by atoms with Crippen molar-refractivity contribution in [3.63, 3.8) is 0 Å². The molecule has 0 aliphatic carbocycles. The van der Waals surface area contributed by atoms with Crippen molar-refractivity contribution >= 4 is 23.2 Å². The summed E-state index contributed by atoms with van der Waals surface area (Å²) in [5.74, 6) is 0.355. The fourth-order valence-corrected chi connectivity index (χ4v) is 1.97. The van der Waals surface area contributed by atoms with Gasteiger partial charge in [0.15, 0.2) is 0 Å². The fourth-order valence-electron chi connectivity index (χ4n) is 1.72. The van der Waals surface area contributed by atoms with E-state index in [1.807, 2.05) is 31.2 Å². The number of aryl methyl sites for hydroxylation is 1. The first kappa shape index (κ1) is 13.4. The SMILES string of the molecule is COc1ccc(C(=O)Nc2ccccc2C)cc1Cl. The van der Waals surface area contributed by atoms with Crippen LogP contribution in [0.3, 0.4) is 0 Å². The number of benzene rings is 2.